The average Bonchev–Trinajstić information content (AvgIpc) is 1.81. The third kappa shape index (κ3) is 6.17. The van der Waals surface area contributed by atoms with Gasteiger partial charge in [0.05, 0.1) is 0 Å². The van der Waals surface area contributed by atoms with Crippen molar-refractivity contribution < 1.29 is 0 Å². The van der Waals surface area contributed by atoms with Crippen molar-refractivity contribution in [3.8, 4) is 0 Å². The number of rotatable bonds is 4. The molecule has 0 amide bonds. The van der Waals surface area contributed by atoms with E-state index in [-0.39, 0.29) is 0 Å². The minimum absolute atomic E-state index is 1.04. The maximum Gasteiger partial charge on any atom is -0.0347 e. The molecule has 0 spiro atoms. The van der Waals surface area contributed by atoms with Gasteiger partial charge < -0.3 is 0 Å². The molecule has 48 valence electrons. The van der Waals surface area contributed by atoms with Crippen molar-refractivity contribution in [1.82, 2.24) is 0 Å². The molecule has 0 aromatic carbocycles. The van der Waals surface area contributed by atoms with Crippen LogP contribution < -0.4 is 0 Å². The maximum absolute atomic E-state index is 2.30. The van der Waals surface area contributed by atoms with Crippen LogP contribution in [0.15, 0.2) is 11.9 Å². The lowest BCUT2D eigenvalue weighted by atomic mass is 10.3. The molecule has 0 nitrogen and oxygen atoms in total. The molecule has 0 rings (SSSR count). The van der Waals surface area contributed by atoms with Gasteiger partial charge in [-0.1, -0.05) is 40.7 Å². The van der Waals surface area contributed by atoms with E-state index in [2.05, 4.69) is 25.7 Å². The molecule has 0 aliphatic rings. The Hall–Kier alpha value is 0.170. The Balaban J connectivity index is 2.83. The van der Waals surface area contributed by atoms with E-state index in [0.29, 0.717) is 0 Å². The van der Waals surface area contributed by atoms with E-state index in [9.17, 15) is 0 Å². The van der Waals surface area contributed by atoms with Gasteiger partial charge in [-0.05, 0) is 12.6 Å². The van der Waals surface area contributed by atoms with Gasteiger partial charge in [-0.15, -0.1) is 0 Å². The summed E-state index contributed by atoms with van der Waals surface area (Å²) in [4.78, 5) is 0. The first-order valence-electron chi connectivity index (χ1n) is 3.30. The van der Waals surface area contributed by atoms with Crippen LogP contribution in [0.1, 0.15) is 26.7 Å². The van der Waals surface area contributed by atoms with Crippen LogP contribution in [0.3, 0.4) is 0 Å². The van der Waals surface area contributed by atoms with Crippen molar-refractivity contribution in [1.29, 1.82) is 0 Å². The second-order valence-electron chi connectivity index (χ2n) is 1.75. The van der Waals surface area contributed by atoms with Gasteiger partial charge in [-0.3, -0.25) is 0 Å². The molecule has 0 radical (unpaired) electrons. The van der Waals surface area contributed by atoms with Gasteiger partial charge in [-0.2, -0.15) is 0 Å². The lowest BCUT2D eigenvalue weighted by molar-refractivity contribution is 0.960. The van der Waals surface area contributed by atoms with Gasteiger partial charge in [-0.25, -0.2) is 0 Å². The molecular weight excluding hydrogens is 115 g/mol. The van der Waals surface area contributed by atoms with E-state index in [1.54, 1.807) is 0 Å². The van der Waals surface area contributed by atoms with E-state index < -0.39 is 0 Å². The lowest BCUT2D eigenvalue weighted by Gasteiger charge is -1.83. The maximum atomic E-state index is 2.30. The molecule has 0 fully saturated rings. The van der Waals surface area contributed by atoms with E-state index in [1.807, 2.05) is 0 Å². The normalized spacial score (nSPS) is 12.2. The molecule has 8 heavy (non-hydrogen) atoms. The minimum atomic E-state index is 1.04. The Kier molecular flexibility index (Phi) is 7.32. The largest absolute Gasteiger partial charge is 0.0990 e. The third-order valence-electron chi connectivity index (χ3n) is 0.895. The summed E-state index contributed by atoms with van der Waals surface area (Å²) in [5.41, 5.74) is 0. The summed E-state index contributed by atoms with van der Waals surface area (Å²) in [6.07, 6.45) is 6.12. The van der Waals surface area contributed by atoms with Gasteiger partial charge in [0.2, 0.25) is 0 Å². The number of allylic oxidation sites excluding steroid dienone is 1. The molecule has 0 bridgehead atoms. The molecule has 0 saturated heterocycles. The van der Waals surface area contributed by atoms with Crippen LogP contribution in [0.25, 0.3) is 0 Å². The zero-order valence-electron chi connectivity index (χ0n) is 5.78. The van der Waals surface area contributed by atoms with Crippen LogP contribution in [-0.4, -0.2) is 6.16 Å². The summed E-state index contributed by atoms with van der Waals surface area (Å²) in [6, 6.07) is 0. The van der Waals surface area contributed by atoms with Crippen LogP contribution in [0.4, 0.5) is 0 Å². The zero-order valence-corrected chi connectivity index (χ0v) is 6.78. The van der Waals surface area contributed by atoms with E-state index in [1.165, 1.54) is 19.0 Å². The molecule has 0 aliphatic heterocycles. The first-order valence-corrected chi connectivity index (χ1v) is 4.58. The van der Waals surface area contributed by atoms with E-state index in [4.69, 9.17) is 0 Å². The van der Waals surface area contributed by atoms with E-state index in [0.717, 1.165) is 8.58 Å². The molecule has 0 saturated carbocycles. The Labute approximate surface area is 54.2 Å². The highest BCUT2D eigenvalue weighted by Gasteiger charge is 1.71. The standard InChI is InChI=1S/C7H15P/c1-3-5-6-7-8-4-2/h6-8H,3-5H2,1-2H3/b7-6+. The predicted molar refractivity (Wildman–Crippen MR) is 42.9 cm³/mol. The van der Waals surface area contributed by atoms with Crippen molar-refractivity contribution in [3.05, 3.63) is 11.9 Å². The SMILES string of the molecule is CCC/C=C/PCC. The number of hydrogen-bond acceptors (Lipinski definition) is 0. The smallest absolute Gasteiger partial charge is 0.0347 e. The fraction of sp³-hybridized carbons (Fsp3) is 0.714. The number of unbranched alkanes of at least 4 members (excludes halogenated alkanes) is 1. The molecule has 0 aromatic heterocycles. The van der Waals surface area contributed by atoms with Crippen LogP contribution in [-0.2, 0) is 0 Å². The van der Waals surface area contributed by atoms with Gasteiger partial charge in [0.1, 0.15) is 0 Å². The predicted octanol–water partition coefficient (Wildman–Crippen LogP) is 3.00. The quantitative estimate of drug-likeness (QED) is 0.513. The van der Waals surface area contributed by atoms with Crippen molar-refractivity contribution in [2.24, 2.45) is 0 Å². The second kappa shape index (κ2) is 7.17. The summed E-state index contributed by atoms with van der Waals surface area (Å²) in [5.74, 6) is 2.30. The Morgan fingerprint density at radius 2 is 2.12 bits per heavy atom. The molecule has 0 N–H and O–H groups in total. The Bertz CT molecular complexity index is 49.4. The first kappa shape index (κ1) is 8.17. The topological polar surface area (TPSA) is 0 Å². The summed E-state index contributed by atoms with van der Waals surface area (Å²) in [6.45, 7) is 4.42. The third-order valence-corrected chi connectivity index (χ3v) is 1.77. The van der Waals surface area contributed by atoms with Gasteiger partial charge in [0, 0.05) is 0 Å². The van der Waals surface area contributed by atoms with Crippen LogP contribution >= 0.6 is 8.58 Å². The zero-order chi connectivity index (χ0) is 6.24. The fourth-order valence-electron chi connectivity index (χ4n) is 0.451. The average molecular weight is 130 g/mol. The Morgan fingerprint density at radius 3 is 2.62 bits per heavy atom. The highest BCUT2D eigenvalue weighted by atomic mass is 31.1. The monoisotopic (exact) mass is 130 g/mol. The van der Waals surface area contributed by atoms with Gasteiger partial charge >= 0.3 is 0 Å². The van der Waals surface area contributed by atoms with Crippen LogP contribution in [0.2, 0.25) is 0 Å². The van der Waals surface area contributed by atoms with Crippen molar-refractivity contribution in [2.45, 2.75) is 26.7 Å². The highest BCUT2D eigenvalue weighted by Crippen LogP contribution is 2.09. The summed E-state index contributed by atoms with van der Waals surface area (Å²) in [5, 5.41) is 0. The summed E-state index contributed by atoms with van der Waals surface area (Å²) < 4.78 is 0. The summed E-state index contributed by atoms with van der Waals surface area (Å²) in [7, 11) is 1.04. The van der Waals surface area contributed by atoms with Crippen molar-refractivity contribution in [3.63, 3.8) is 0 Å². The second-order valence-corrected chi connectivity index (χ2v) is 3.20. The molecule has 1 heteroatoms. The molecule has 0 heterocycles. The van der Waals surface area contributed by atoms with Gasteiger partial charge in [0.15, 0.2) is 0 Å². The molecule has 0 aromatic rings. The molecule has 1 unspecified atom stereocenters. The minimum Gasteiger partial charge on any atom is -0.0990 e. The van der Waals surface area contributed by atoms with E-state index >= 15 is 0 Å². The lowest BCUT2D eigenvalue weighted by Crippen LogP contribution is -1.58. The number of hydrogen-bond donors (Lipinski definition) is 0. The van der Waals surface area contributed by atoms with Gasteiger partial charge in [0.25, 0.3) is 0 Å². The van der Waals surface area contributed by atoms with Crippen molar-refractivity contribution >= 4 is 8.58 Å². The molecular formula is C7H15P. The highest BCUT2D eigenvalue weighted by molar-refractivity contribution is 7.41. The molecule has 1 atom stereocenters. The summed E-state index contributed by atoms with van der Waals surface area (Å²) >= 11 is 0. The Morgan fingerprint density at radius 1 is 1.38 bits per heavy atom. The first-order chi connectivity index (χ1) is 3.91. The van der Waals surface area contributed by atoms with Crippen molar-refractivity contribution in [2.75, 3.05) is 6.16 Å². The van der Waals surface area contributed by atoms with Crippen LogP contribution in [0.5, 0.6) is 0 Å². The molecule has 0 aliphatic carbocycles. The fourth-order valence-corrected chi connectivity index (χ4v) is 1.02. The van der Waals surface area contributed by atoms with Crippen LogP contribution in [0, 0.1) is 0 Å².